The number of ketones is 1. The highest BCUT2D eigenvalue weighted by Gasteiger charge is 2.21. The van der Waals surface area contributed by atoms with E-state index in [4.69, 9.17) is 16.3 Å². The lowest BCUT2D eigenvalue weighted by atomic mass is 10.1. The molecule has 0 spiro atoms. The lowest BCUT2D eigenvalue weighted by Gasteiger charge is -2.09. The monoisotopic (exact) mass is 469 g/mol. The highest BCUT2D eigenvalue weighted by Crippen LogP contribution is 2.23. The third-order valence-electron chi connectivity index (χ3n) is 4.93. The molecular weight excluding hydrogens is 450 g/mol. The number of carbonyl (C=O) groups is 2. The van der Waals surface area contributed by atoms with Gasteiger partial charge in [-0.2, -0.15) is 5.10 Å². The van der Waals surface area contributed by atoms with Gasteiger partial charge in [0.1, 0.15) is 0 Å². The van der Waals surface area contributed by atoms with Crippen molar-refractivity contribution >= 4 is 34.7 Å². The molecule has 4 aromatic heterocycles. The lowest BCUT2D eigenvalue weighted by molar-refractivity contribution is 0.0469. The third-order valence-corrected chi connectivity index (χ3v) is 5.99. The Morgan fingerprint density at radius 1 is 1.12 bits per heavy atom. The number of halogens is 1. The Balaban J connectivity index is 1.52. The average molecular weight is 470 g/mol. The zero-order chi connectivity index (χ0) is 23.0. The molecule has 4 aromatic rings. The van der Waals surface area contributed by atoms with Gasteiger partial charge in [-0.05, 0) is 52.0 Å². The highest BCUT2D eigenvalue weighted by molar-refractivity contribution is 7.12. The van der Waals surface area contributed by atoms with Crippen molar-refractivity contribution < 1.29 is 14.3 Å². The van der Waals surface area contributed by atoms with E-state index in [0.29, 0.717) is 11.4 Å². The summed E-state index contributed by atoms with van der Waals surface area (Å²) < 4.78 is 8.77. The second kappa shape index (κ2) is 8.68. The number of thiazole rings is 1. The van der Waals surface area contributed by atoms with E-state index in [9.17, 15) is 9.59 Å². The van der Waals surface area contributed by atoms with Crippen LogP contribution in [-0.2, 0) is 4.74 Å². The molecule has 0 radical (unpaired) electrons. The summed E-state index contributed by atoms with van der Waals surface area (Å²) in [5.41, 5.74) is 3.70. The van der Waals surface area contributed by atoms with Gasteiger partial charge in [-0.25, -0.2) is 19.4 Å². The minimum absolute atomic E-state index is 0.0715. The molecule has 0 aliphatic carbocycles. The Morgan fingerprint density at radius 2 is 1.91 bits per heavy atom. The average Bonchev–Trinajstić information content (AvgIpc) is 3.46. The summed E-state index contributed by atoms with van der Waals surface area (Å²) in [7, 11) is 0. The maximum Gasteiger partial charge on any atom is 0.359 e. The van der Waals surface area contributed by atoms with Crippen LogP contribution in [0.4, 0.5) is 0 Å². The molecule has 8 nitrogen and oxygen atoms in total. The Morgan fingerprint density at radius 3 is 2.56 bits per heavy atom. The molecule has 4 heterocycles. The predicted octanol–water partition coefficient (Wildman–Crippen LogP) is 4.44. The molecule has 0 saturated heterocycles. The number of Topliss-reactive ketones (excluding diaryl/α,β-unsaturated/α-hetero) is 1. The molecule has 4 rings (SSSR count). The molecule has 0 amide bonds. The van der Waals surface area contributed by atoms with Gasteiger partial charge in [0.05, 0.1) is 10.7 Å². The Labute approximate surface area is 193 Å². The van der Waals surface area contributed by atoms with Gasteiger partial charge in [-0.1, -0.05) is 11.6 Å². The summed E-state index contributed by atoms with van der Waals surface area (Å²) in [6.07, 6.45) is 1.71. The number of carbonyl (C=O) groups excluding carboxylic acids is 2. The first-order chi connectivity index (χ1) is 15.3. The van der Waals surface area contributed by atoms with Crippen LogP contribution in [0, 0.1) is 27.7 Å². The van der Waals surface area contributed by atoms with E-state index in [-0.39, 0.29) is 16.5 Å². The first kappa shape index (κ1) is 21.9. The van der Waals surface area contributed by atoms with Gasteiger partial charge < -0.3 is 4.74 Å². The third kappa shape index (κ3) is 4.09. The Hall–Kier alpha value is -3.30. The van der Waals surface area contributed by atoms with Gasteiger partial charge in [0, 0.05) is 34.2 Å². The van der Waals surface area contributed by atoms with Crippen molar-refractivity contribution in [2.45, 2.75) is 27.7 Å². The second-order valence-electron chi connectivity index (χ2n) is 7.27. The van der Waals surface area contributed by atoms with E-state index in [1.807, 2.05) is 43.7 Å². The number of pyridine rings is 1. The zero-order valence-corrected chi connectivity index (χ0v) is 19.5. The van der Waals surface area contributed by atoms with Crippen molar-refractivity contribution in [3.8, 4) is 10.9 Å². The van der Waals surface area contributed by atoms with Crippen LogP contribution in [0.2, 0.25) is 5.02 Å². The van der Waals surface area contributed by atoms with E-state index >= 15 is 0 Å². The fourth-order valence-electron chi connectivity index (χ4n) is 3.50. The van der Waals surface area contributed by atoms with Gasteiger partial charge in [0.25, 0.3) is 0 Å². The SMILES string of the molecule is Cc1cc(C)n(-c2ccc(Cl)c(C(=O)OCC(=O)c3cc(C)n(-c4nccs4)c3C)n2)n1. The summed E-state index contributed by atoms with van der Waals surface area (Å²) in [6.45, 7) is 7.05. The molecule has 0 bridgehead atoms. The Kier molecular flexibility index (Phi) is 5.94. The minimum atomic E-state index is -0.777. The summed E-state index contributed by atoms with van der Waals surface area (Å²) in [6, 6.07) is 6.88. The van der Waals surface area contributed by atoms with Crippen LogP contribution < -0.4 is 0 Å². The van der Waals surface area contributed by atoms with Crippen molar-refractivity contribution in [3.63, 3.8) is 0 Å². The van der Waals surface area contributed by atoms with Crippen molar-refractivity contribution in [2.24, 2.45) is 0 Å². The fraction of sp³-hybridized carbons (Fsp3) is 0.227. The van der Waals surface area contributed by atoms with Crippen LogP contribution in [0.25, 0.3) is 10.9 Å². The van der Waals surface area contributed by atoms with E-state index in [2.05, 4.69) is 15.1 Å². The number of esters is 1. The zero-order valence-electron chi connectivity index (χ0n) is 17.9. The number of ether oxygens (including phenoxy) is 1. The molecule has 32 heavy (non-hydrogen) atoms. The molecule has 0 unspecified atom stereocenters. The molecule has 164 valence electrons. The minimum Gasteiger partial charge on any atom is -0.453 e. The highest BCUT2D eigenvalue weighted by atomic mass is 35.5. The van der Waals surface area contributed by atoms with Crippen molar-refractivity contribution in [3.05, 3.63) is 74.9 Å². The molecule has 0 atom stereocenters. The van der Waals surface area contributed by atoms with E-state index in [1.165, 1.54) is 11.3 Å². The van der Waals surface area contributed by atoms with E-state index in [1.54, 1.807) is 29.1 Å². The first-order valence-electron chi connectivity index (χ1n) is 9.75. The standard InChI is InChI=1S/C22H20ClN5O3S/c1-12-9-14(3)28(26-12)19-6-5-17(23)20(25-19)21(30)31-11-18(29)16-10-13(2)27(15(16)4)22-24-7-8-32-22/h5-10H,11H2,1-4H3. The summed E-state index contributed by atoms with van der Waals surface area (Å²) >= 11 is 7.65. The lowest BCUT2D eigenvalue weighted by Crippen LogP contribution is -2.17. The molecule has 0 aliphatic rings. The molecule has 10 heteroatoms. The molecular formula is C22H20ClN5O3S. The maximum absolute atomic E-state index is 12.8. The molecule has 0 fully saturated rings. The summed E-state index contributed by atoms with van der Waals surface area (Å²) in [4.78, 5) is 34.0. The maximum atomic E-state index is 12.8. The largest absolute Gasteiger partial charge is 0.453 e. The molecule has 0 saturated carbocycles. The van der Waals surface area contributed by atoms with Crippen molar-refractivity contribution in [1.29, 1.82) is 0 Å². The second-order valence-corrected chi connectivity index (χ2v) is 8.55. The quantitative estimate of drug-likeness (QED) is 0.306. The predicted molar refractivity (Wildman–Crippen MR) is 121 cm³/mol. The molecule has 0 aromatic carbocycles. The van der Waals surface area contributed by atoms with E-state index < -0.39 is 12.6 Å². The normalized spacial score (nSPS) is 11.0. The van der Waals surface area contributed by atoms with Gasteiger partial charge in [0.2, 0.25) is 5.78 Å². The molecule has 0 aliphatic heterocycles. The number of hydrogen-bond acceptors (Lipinski definition) is 7. The van der Waals surface area contributed by atoms with E-state index in [0.717, 1.165) is 27.9 Å². The van der Waals surface area contributed by atoms with Crippen molar-refractivity contribution in [1.82, 2.24) is 24.3 Å². The molecule has 0 N–H and O–H groups in total. The number of nitrogens with zero attached hydrogens (tertiary/aromatic N) is 5. The van der Waals surface area contributed by atoms with Crippen LogP contribution in [0.1, 0.15) is 43.6 Å². The van der Waals surface area contributed by atoms with Gasteiger partial charge in [-0.3, -0.25) is 9.36 Å². The van der Waals surface area contributed by atoms with Crippen LogP contribution in [0.3, 0.4) is 0 Å². The van der Waals surface area contributed by atoms with Crippen LogP contribution in [-0.4, -0.2) is 42.7 Å². The topological polar surface area (TPSA) is 91.9 Å². The van der Waals surface area contributed by atoms with Crippen LogP contribution in [0.5, 0.6) is 0 Å². The smallest absolute Gasteiger partial charge is 0.359 e. The summed E-state index contributed by atoms with van der Waals surface area (Å²) in [5.74, 6) is -0.661. The van der Waals surface area contributed by atoms with Gasteiger partial charge in [0.15, 0.2) is 23.3 Å². The first-order valence-corrected chi connectivity index (χ1v) is 11.0. The number of aryl methyl sites for hydroxylation is 3. The van der Waals surface area contributed by atoms with Gasteiger partial charge >= 0.3 is 5.97 Å². The fourth-order valence-corrected chi connectivity index (χ4v) is 4.43. The van der Waals surface area contributed by atoms with Crippen LogP contribution in [0.15, 0.2) is 35.8 Å². The number of hydrogen-bond donors (Lipinski definition) is 0. The van der Waals surface area contributed by atoms with Crippen LogP contribution >= 0.6 is 22.9 Å². The summed E-state index contributed by atoms with van der Waals surface area (Å²) in [5, 5.41) is 7.14. The Bertz CT molecular complexity index is 1320. The van der Waals surface area contributed by atoms with Gasteiger partial charge in [-0.15, -0.1) is 11.3 Å². The van der Waals surface area contributed by atoms with Crippen molar-refractivity contribution in [2.75, 3.05) is 6.61 Å². The number of rotatable bonds is 6. The number of aromatic nitrogens is 5.